The second-order valence-corrected chi connectivity index (χ2v) is 5.10. The van der Waals surface area contributed by atoms with Crippen LogP contribution in [0.5, 0.6) is 5.75 Å². The number of rotatable bonds is 6. The van der Waals surface area contributed by atoms with Gasteiger partial charge in [-0.25, -0.2) is 0 Å². The Kier molecular flexibility index (Phi) is 4.47. The SMILES string of the molecule is CCNC1CC(Oc2c(C)nn(C)c2C)C1OCC. The lowest BCUT2D eigenvalue weighted by Crippen LogP contribution is -2.61. The molecule has 5 heteroatoms. The molecule has 3 unspecified atom stereocenters. The van der Waals surface area contributed by atoms with Crippen LogP contribution in [0.1, 0.15) is 31.7 Å². The standard InChI is InChI=1S/C14H25N3O2/c1-6-15-11-8-12(14(11)18-7-2)19-13-9(3)16-17(5)10(13)4/h11-12,14-15H,6-8H2,1-5H3. The highest BCUT2D eigenvalue weighted by Gasteiger charge is 2.43. The Morgan fingerprint density at radius 2 is 2.11 bits per heavy atom. The van der Waals surface area contributed by atoms with Gasteiger partial charge < -0.3 is 14.8 Å². The molecular weight excluding hydrogens is 242 g/mol. The molecule has 0 aliphatic heterocycles. The van der Waals surface area contributed by atoms with E-state index in [0.717, 1.165) is 36.7 Å². The lowest BCUT2D eigenvalue weighted by molar-refractivity contribution is -0.104. The number of likely N-dealkylation sites (N-methyl/N-ethyl adjacent to an activating group) is 1. The second-order valence-electron chi connectivity index (χ2n) is 5.10. The zero-order valence-electron chi connectivity index (χ0n) is 12.6. The summed E-state index contributed by atoms with van der Waals surface area (Å²) < 4.78 is 13.8. The molecule has 1 saturated carbocycles. The van der Waals surface area contributed by atoms with Gasteiger partial charge in [0.2, 0.25) is 0 Å². The van der Waals surface area contributed by atoms with E-state index in [1.54, 1.807) is 0 Å². The molecule has 1 heterocycles. The molecule has 0 amide bonds. The third-order valence-corrected chi connectivity index (χ3v) is 3.79. The molecule has 108 valence electrons. The minimum atomic E-state index is 0.130. The van der Waals surface area contributed by atoms with Crippen LogP contribution in [0.15, 0.2) is 0 Å². The van der Waals surface area contributed by atoms with Crippen LogP contribution in [0.4, 0.5) is 0 Å². The number of nitrogens with zero attached hydrogens (tertiary/aromatic N) is 2. The van der Waals surface area contributed by atoms with Gasteiger partial charge in [-0.05, 0) is 27.3 Å². The minimum Gasteiger partial charge on any atom is -0.484 e. The van der Waals surface area contributed by atoms with Crippen LogP contribution in [-0.2, 0) is 11.8 Å². The zero-order valence-corrected chi connectivity index (χ0v) is 12.6. The first-order valence-corrected chi connectivity index (χ1v) is 7.10. The topological polar surface area (TPSA) is 48.3 Å². The summed E-state index contributed by atoms with van der Waals surface area (Å²) in [7, 11) is 1.94. The van der Waals surface area contributed by atoms with Gasteiger partial charge in [0, 0.05) is 26.1 Å². The Labute approximate surface area is 115 Å². The van der Waals surface area contributed by atoms with Crippen LogP contribution in [0.25, 0.3) is 0 Å². The summed E-state index contributed by atoms with van der Waals surface area (Å²) in [5, 5.41) is 7.82. The van der Waals surface area contributed by atoms with Crippen LogP contribution >= 0.6 is 0 Å². The third kappa shape index (κ3) is 2.77. The number of hydrogen-bond acceptors (Lipinski definition) is 4. The Morgan fingerprint density at radius 3 is 2.63 bits per heavy atom. The van der Waals surface area contributed by atoms with E-state index in [-0.39, 0.29) is 12.2 Å². The van der Waals surface area contributed by atoms with Crippen molar-refractivity contribution in [3.63, 3.8) is 0 Å². The first-order chi connectivity index (χ1) is 9.08. The normalized spacial score (nSPS) is 26.3. The zero-order chi connectivity index (χ0) is 14.0. The molecule has 1 N–H and O–H groups in total. The van der Waals surface area contributed by atoms with Gasteiger partial charge in [-0.15, -0.1) is 0 Å². The van der Waals surface area contributed by atoms with Crippen LogP contribution in [-0.4, -0.2) is 41.2 Å². The van der Waals surface area contributed by atoms with E-state index in [1.165, 1.54) is 0 Å². The minimum absolute atomic E-state index is 0.130. The lowest BCUT2D eigenvalue weighted by Gasteiger charge is -2.44. The molecule has 0 saturated heterocycles. The molecule has 1 fully saturated rings. The van der Waals surface area contributed by atoms with Gasteiger partial charge in [0.15, 0.2) is 5.75 Å². The summed E-state index contributed by atoms with van der Waals surface area (Å²) >= 11 is 0. The molecule has 0 radical (unpaired) electrons. The summed E-state index contributed by atoms with van der Waals surface area (Å²) in [5.41, 5.74) is 2.02. The molecule has 2 rings (SSSR count). The molecule has 1 aromatic rings. The Hall–Kier alpha value is -1.07. The van der Waals surface area contributed by atoms with E-state index in [0.29, 0.717) is 6.04 Å². The molecule has 5 nitrogen and oxygen atoms in total. The quantitative estimate of drug-likeness (QED) is 0.850. The van der Waals surface area contributed by atoms with Gasteiger partial charge in [-0.1, -0.05) is 6.92 Å². The van der Waals surface area contributed by atoms with Crippen molar-refractivity contribution in [3.05, 3.63) is 11.4 Å². The van der Waals surface area contributed by atoms with Crippen molar-refractivity contribution in [3.8, 4) is 5.75 Å². The predicted octanol–water partition coefficient (Wildman–Crippen LogP) is 1.57. The molecule has 0 spiro atoms. The fourth-order valence-electron chi connectivity index (χ4n) is 2.65. The van der Waals surface area contributed by atoms with Gasteiger partial charge in [0.05, 0.1) is 5.69 Å². The van der Waals surface area contributed by atoms with Crippen LogP contribution < -0.4 is 10.1 Å². The number of aryl methyl sites for hydroxylation is 2. The highest BCUT2D eigenvalue weighted by atomic mass is 16.5. The van der Waals surface area contributed by atoms with Crippen molar-refractivity contribution >= 4 is 0 Å². The second kappa shape index (κ2) is 5.92. The fraction of sp³-hybridized carbons (Fsp3) is 0.786. The summed E-state index contributed by atoms with van der Waals surface area (Å²) in [6, 6.07) is 0.409. The molecule has 19 heavy (non-hydrogen) atoms. The van der Waals surface area contributed by atoms with Crippen molar-refractivity contribution in [1.82, 2.24) is 15.1 Å². The molecular formula is C14H25N3O2. The van der Waals surface area contributed by atoms with E-state index in [1.807, 2.05) is 32.5 Å². The average Bonchev–Trinajstić information content (AvgIpc) is 2.60. The first-order valence-electron chi connectivity index (χ1n) is 7.10. The highest BCUT2D eigenvalue weighted by molar-refractivity contribution is 5.32. The fourth-order valence-corrected chi connectivity index (χ4v) is 2.65. The number of aromatic nitrogens is 2. The van der Waals surface area contributed by atoms with Gasteiger partial charge in [-0.3, -0.25) is 4.68 Å². The molecule has 0 bridgehead atoms. The highest BCUT2D eigenvalue weighted by Crippen LogP contribution is 2.32. The summed E-state index contributed by atoms with van der Waals surface area (Å²) in [5.74, 6) is 0.909. The smallest absolute Gasteiger partial charge is 0.163 e. The van der Waals surface area contributed by atoms with Crippen molar-refractivity contribution < 1.29 is 9.47 Å². The number of nitrogens with one attached hydrogen (secondary N) is 1. The van der Waals surface area contributed by atoms with Crippen LogP contribution in [0, 0.1) is 13.8 Å². The van der Waals surface area contributed by atoms with Crippen molar-refractivity contribution in [1.29, 1.82) is 0 Å². The Morgan fingerprint density at radius 1 is 1.37 bits per heavy atom. The van der Waals surface area contributed by atoms with E-state index in [4.69, 9.17) is 9.47 Å². The van der Waals surface area contributed by atoms with Gasteiger partial charge in [0.25, 0.3) is 0 Å². The van der Waals surface area contributed by atoms with E-state index in [9.17, 15) is 0 Å². The van der Waals surface area contributed by atoms with E-state index < -0.39 is 0 Å². The largest absolute Gasteiger partial charge is 0.484 e. The number of ether oxygens (including phenoxy) is 2. The number of hydrogen-bond donors (Lipinski definition) is 1. The van der Waals surface area contributed by atoms with Crippen molar-refractivity contribution in [2.75, 3.05) is 13.2 Å². The van der Waals surface area contributed by atoms with Crippen molar-refractivity contribution in [2.45, 2.75) is 52.4 Å². The Balaban J connectivity index is 2.03. The summed E-state index contributed by atoms with van der Waals surface area (Å²) in [6.45, 7) is 9.85. The maximum absolute atomic E-state index is 6.13. The monoisotopic (exact) mass is 267 g/mol. The van der Waals surface area contributed by atoms with Gasteiger partial charge >= 0.3 is 0 Å². The molecule has 1 aliphatic carbocycles. The first kappa shape index (κ1) is 14.3. The molecule has 3 atom stereocenters. The van der Waals surface area contributed by atoms with Gasteiger partial charge in [0.1, 0.15) is 17.9 Å². The average molecular weight is 267 g/mol. The predicted molar refractivity (Wildman–Crippen MR) is 74.6 cm³/mol. The maximum Gasteiger partial charge on any atom is 0.163 e. The lowest BCUT2D eigenvalue weighted by atomic mass is 9.85. The van der Waals surface area contributed by atoms with Crippen LogP contribution in [0.3, 0.4) is 0 Å². The maximum atomic E-state index is 6.13. The summed E-state index contributed by atoms with van der Waals surface area (Å²) in [6.07, 6.45) is 1.27. The molecule has 1 aliphatic rings. The molecule has 0 aromatic carbocycles. The third-order valence-electron chi connectivity index (χ3n) is 3.79. The molecule has 1 aromatic heterocycles. The van der Waals surface area contributed by atoms with E-state index in [2.05, 4.69) is 17.3 Å². The van der Waals surface area contributed by atoms with Crippen LogP contribution in [0.2, 0.25) is 0 Å². The van der Waals surface area contributed by atoms with E-state index >= 15 is 0 Å². The van der Waals surface area contributed by atoms with Crippen molar-refractivity contribution in [2.24, 2.45) is 7.05 Å². The summed E-state index contributed by atoms with van der Waals surface area (Å²) in [4.78, 5) is 0. The van der Waals surface area contributed by atoms with Gasteiger partial charge in [-0.2, -0.15) is 5.10 Å². The Bertz CT molecular complexity index is 431.